The number of urea groups is 1. The third kappa shape index (κ3) is 5.54. The van der Waals surface area contributed by atoms with E-state index < -0.39 is 15.1 Å². The highest BCUT2D eigenvalue weighted by atomic mass is 32.2. The van der Waals surface area contributed by atoms with Crippen molar-refractivity contribution >= 4 is 21.6 Å². The second kappa shape index (κ2) is 8.50. The molecule has 8 heteroatoms. The van der Waals surface area contributed by atoms with Crippen molar-refractivity contribution in [3.8, 4) is 6.07 Å². The SMILES string of the molecule is COCCC(C)NC(=O)Nc1ccc(S(=O)(=O)C(C)C#N)cc1. The molecule has 1 aromatic rings. The number of carbonyl (C=O) groups is 1. The van der Waals surface area contributed by atoms with Crippen LogP contribution in [0.5, 0.6) is 0 Å². The van der Waals surface area contributed by atoms with Crippen molar-refractivity contribution in [2.45, 2.75) is 36.5 Å². The quantitative estimate of drug-likeness (QED) is 0.789. The number of nitriles is 1. The van der Waals surface area contributed by atoms with Gasteiger partial charge < -0.3 is 15.4 Å². The van der Waals surface area contributed by atoms with Gasteiger partial charge in [0.2, 0.25) is 0 Å². The monoisotopic (exact) mass is 339 g/mol. The molecule has 7 nitrogen and oxygen atoms in total. The van der Waals surface area contributed by atoms with Crippen LogP contribution in [0.3, 0.4) is 0 Å². The summed E-state index contributed by atoms with van der Waals surface area (Å²) in [5.41, 5.74) is 0.463. The van der Waals surface area contributed by atoms with Crippen LogP contribution in [0.2, 0.25) is 0 Å². The van der Waals surface area contributed by atoms with E-state index in [2.05, 4.69) is 10.6 Å². The van der Waals surface area contributed by atoms with Gasteiger partial charge in [-0.1, -0.05) is 0 Å². The summed E-state index contributed by atoms with van der Waals surface area (Å²) in [6, 6.07) is 6.98. The number of nitrogens with one attached hydrogen (secondary N) is 2. The first kappa shape index (κ1) is 18.9. The first-order valence-corrected chi connectivity index (χ1v) is 8.66. The van der Waals surface area contributed by atoms with Crippen LogP contribution >= 0.6 is 0 Å². The van der Waals surface area contributed by atoms with E-state index in [4.69, 9.17) is 10.00 Å². The molecule has 2 atom stereocenters. The third-order valence-corrected chi connectivity index (χ3v) is 5.19. The minimum absolute atomic E-state index is 0.0472. The molecule has 0 spiro atoms. The maximum absolute atomic E-state index is 12.0. The number of sulfone groups is 1. The molecule has 0 bridgehead atoms. The lowest BCUT2D eigenvalue weighted by molar-refractivity contribution is 0.185. The minimum atomic E-state index is -3.67. The number of carbonyl (C=O) groups excluding carboxylic acids is 1. The lowest BCUT2D eigenvalue weighted by Crippen LogP contribution is -2.36. The van der Waals surface area contributed by atoms with Crippen LogP contribution in [0, 0.1) is 11.3 Å². The molecule has 0 radical (unpaired) electrons. The predicted octanol–water partition coefficient (Wildman–Crippen LogP) is 1.92. The van der Waals surface area contributed by atoms with Crippen LogP contribution in [-0.4, -0.2) is 39.5 Å². The molecule has 0 aliphatic heterocycles. The van der Waals surface area contributed by atoms with Crippen molar-refractivity contribution in [3.05, 3.63) is 24.3 Å². The number of anilines is 1. The fourth-order valence-electron chi connectivity index (χ4n) is 1.76. The maximum Gasteiger partial charge on any atom is 0.319 e. The van der Waals surface area contributed by atoms with E-state index in [0.29, 0.717) is 18.7 Å². The van der Waals surface area contributed by atoms with Gasteiger partial charge in [-0.2, -0.15) is 5.26 Å². The molecule has 2 unspecified atom stereocenters. The summed E-state index contributed by atoms with van der Waals surface area (Å²) in [5.74, 6) is 0. The van der Waals surface area contributed by atoms with Crippen molar-refractivity contribution in [2.24, 2.45) is 0 Å². The van der Waals surface area contributed by atoms with Gasteiger partial charge >= 0.3 is 6.03 Å². The standard InChI is InChI=1S/C15H21N3O4S/c1-11(8-9-22-3)17-15(19)18-13-4-6-14(7-5-13)23(20,21)12(2)10-16/h4-7,11-12H,8-9H2,1-3H3,(H2,17,18,19). The summed E-state index contributed by atoms with van der Waals surface area (Å²) >= 11 is 0. The summed E-state index contributed by atoms with van der Waals surface area (Å²) in [7, 11) is -2.07. The number of ether oxygens (including phenoxy) is 1. The number of hydrogen-bond donors (Lipinski definition) is 2. The van der Waals surface area contributed by atoms with E-state index in [1.807, 2.05) is 6.92 Å². The molecular formula is C15H21N3O4S. The second-order valence-corrected chi connectivity index (χ2v) is 7.39. The summed E-state index contributed by atoms with van der Waals surface area (Å²) in [5, 5.41) is 13.0. The van der Waals surface area contributed by atoms with Crippen molar-refractivity contribution < 1.29 is 17.9 Å². The zero-order valence-corrected chi connectivity index (χ0v) is 14.2. The van der Waals surface area contributed by atoms with Crippen LogP contribution < -0.4 is 10.6 Å². The Hall–Kier alpha value is -2.11. The highest BCUT2D eigenvalue weighted by molar-refractivity contribution is 7.92. The Morgan fingerprint density at radius 3 is 2.43 bits per heavy atom. The summed E-state index contributed by atoms with van der Waals surface area (Å²) in [6.07, 6.45) is 0.688. The van der Waals surface area contributed by atoms with E-state index in [9.17, 15) is 13.2 Å². The molecular weight excluding hydrogens is 318 g/mol. The lowest BCUT2D eigenvalue weighted by Gasteiger charge is -2.14. The average molecular weight is 339 g/mol. The van der Waals surface area contributed by atoms with E-state index in [0.717, 1.165) is 0 Å². The Labute approximate surface area is 136 Å². The molecule has 2 amide bonds. The van der Waals surface area contributed by atoms with E-state index >= 15 is 0 Å². The molecule has 0 saturated carbocycles. The smallest absolute Gasteiger partial charge is 0.319 e. The van der Waals surface area contributed by atoms with Gasteiger partial charge in [0.1, 0.15) is 5.25 Å². The molecule has 0 aliphatic rings. The number of nitrogens with zero attached hydrogens (tertiary/aromatic N) is 1. The molecule has 2 N–H and O–H groups in total. The maximum atomic E-state index is 12.0. The fraction of sp³-hybridized carbons (Fsp3) is 0.467. The van der Waals surface area contributed by atoms with E-state index in [1.165, 1.54) is 31.2 Å². The van der Waals surface area contributed by atoms with Gasteiger partial charge in [0.25, 0.3) is 0 Å². The highest BCUT2D eigenvalue weighted by Crippen LogP contribution is 2.18. The second-order valence-electron chi connectivity index (χ2n) is 5.12. The number of benzene rings is 1. The van der Waals surface area contributed by atoms with Gasteiger partial charge in [0, 0.05) is 25.4 Å². The van der Waals surface area contributed by atoms with Crippen LogP contribution in [0.25, 0.3) is 0 Å². The lowest BCUT2D eigenvalue weighted by atomic mass is 10.2. The number of hydrogen-bond acceptors (Lipinski definition) is 5. The summed E-state index contributed by atoms with van der Waals surface area (Å²) in [6.45, 7) is 3.74. The predicted molar refractivity (Wildman–Crippen MR) is 86.8 cm³/mol. The Morgan fingerprint density at radius 1 is 1.30 bits per heavy atom. The van der Waals surface area contributed by atoms with Crippen LogP contribution in [0.15, 0.2) is 29.2 Å². The van der Waals surface area contributed by atoms with Gasteiger partial charge in [0.15, 0.2) is 9.84 Å². The molecule has 0 aromatic heterocycles. The largest absolute Gasteiger partial charge is 0.385 e. The molecule has 0 fully saturated rings. The van der Waals surface area contributed by atoms with Gasteiger partial charge in [-0.15, -0.1) is 0 Å². The van der Waals surface area contributed by atoms with Gasteiger partial charge in [0.05, 0.1) is 11.0 Å². The average Bonchev–Trinajstić information content (AvgIpc) is 2.52. The van der Waals surface area contributed by atoms with Gasteiger partial charge in [-0.3, -0.25) is 0 Å². The Kier molecular flexibility index (Phi) is 7.00. The molecule has 126 valence electrons. The molecule has 0 aliphatic carbocycles. The highest BCUT2D eigenvalue weighted by Gasteiger charge is 2.22. The Morgan fingerprint density at radius 2 is 1.91 bits per heavy atom. The number of rotatable bonds is 7. The molecule has 0 saturated heterocycles. The van der Waals surface area contributed by atoms with Crippen LogP contribution in [-0.2, 0) is 14.6 Å². The molecule has 0 heterocycles. The normalized spacial score (nSPS) is 13.7. The van der Waals surface area contributed by atoms with Crippen LogP contribution in [0.4, 0.5) is 10.5 Å². The van der Waals surface area contributed by atoms with E-state index in [-0.39, 0.29) is 17.0 Å². The first-order chi connectivity index (χ1) is 10.8. The molecule has 1 rings (SSSR count). The fourth-order valence-corrected chi connectivity index (χ4v) is 2.82. The first-order valence-electron chi connectivity index (χ1n) is 7.11. The topological polar surface area (TPSA) is 108 Å². The Bertz CT molecular complexity index is 665. The van der Waals surface area contributed by atoms with E-state index in [1.54, 1.807) is 13.2 Å². The minimum Gasteiger partial charge on any atom is -0.385 e. The number of amides is 2. The van der Waals surface area contributed by atoms with Gasteiger partial charge in [-0.25, -0.2) is 13.2 Å². The van der Waals surface area contributed by atoms with Crippen molar-refractivity contribution in [2.75, 3.05) is 19.0 Å². The zero-order chi connectivity index (χ0) is 17.5. The molecule has 23 heavy (non-hydrogen) atoms. The summed E-state index contributed by atoms with van der Waals surface area (Å²) in [4.78, 5) is 11.8. The number of methoxy groups -OCH3 is 1. The Balaban J connectivity index is 2.68. The third-order valence-electron chi connectivity index (χ3n) is 3.22. The zero-order valence-electron chi connectivity index (χ0n) is 13.4. The van der Waals surface area contributed by atoms with Crippen molar-refractivity contribution in [1.29, 1.82) is 5.26 Å². The summed E-state index contributed by atoms with van der Waals surface area (Å²) < 4.78 is 29.0. The molecule has 1 aromatic carbocycles. The van der Waals surface area contributed by atoms with Crippen molar-refractivity contribution in [3.63, 3.8) is 0 Å². The van der Waals surface area contributed by atoms with Crippen LogP contribution in [0.1, 0.15) is 20.3 Å². The van der Waals surface area contributed by atoms with Gasteiger partial charge in [-0.05, 0) is 44.5 Å². The van der Waals surface area contributed by atoms with Crippen molar-refractivity contribution in [1.82, 2.24) is 5.32 Å².